The van der Waals surface area contributed by atoms with Gasteiger partial charge in [0.05, 0.1) is 22.9 Å². The summed E-state index contributed by atoms with van der Waals surface area (Å²) in [6.45, 7) is 6.17. The summed E-state index contributed by atoms with van der Waals surface area (Å²) in [4.78, 5) is 18.4. The van der Waals surface area contributed by atoms with Gasteiger partial charge in [-0.15, -0.1) is 10.2 Å². The number of nitrogens with one attached hydrogen (secondary N) is 1. The molecule has 26 heavy (non-hydrogen) atoms. The zero-order valence-electron chi connectivity index (χ0n) is 14.4. The van der Waals surface area contributed by atoms with Crippen LogP contribution in [0.5, 0.6) is 0 Å². The van der Waals surface area contributed by atoms with Crippen LogP contribution < -0.4 is 0 Å². The Morgan fingerprint density at radius 1 is 1.27 bits per heavy atom. The monoisotopic (exact) mass is 368 g/mol. The van der Waals surface area contributed by atoms with Crippen molar-refractivity contribution in [2.24, 2.45) is 10.2 Å². The number of nitrogens with zero attached hydrogens (tertiary/aromatic N) is 5. The van der Waals surface area contributed by atoms with Gasteiger partial charge in [0.2, 0.25) is 5.13 Å². The molecule has 0 spiro atoms. The summed E-state index contributed by atoms with van der Waals surface area (Å²) in [6.07, 6.45) is 1.28. The fourth-order valence-electron chi connectivity index (χ4n) is 2.69. The Morgan fingerprint density at radius 2 is 2.04 bits per heavy atom. The van der Waals surface area contributed by atoms with Gasteiger partial charge in [0.1, 0.15) is 4.88 Å². The van der Waals surface area contributed by atoms with Crippen molar-refractivity contribution in [3.05, 3.63) is 41.0 Å². The summed E-state index contributed by atoms with van der Waals surface area (Å²) in [6, 6.07) is 7.87. The highest BCUT2D eigenvalue weighted by atomic mass is 32.1. The van der Waals surface area contributed by atoms with E-state index in [1.807, 2.05) is 28.8 Å². The molecule has 3 aromatic heterocycles. The molecule has 0 aliphatic rings. The van der Waals surface area contributed by atoms with Gasteiger partial charge in [0, 0.05) is 5.41 Å². The highest BCUT2D eigenvalue weighted by Gasteiger charge is 2.26. The standard InChI is InChI=1S/C17H16N6O2S/c1-17(2,3)13-12(20-21-16-18-8-11(26-16)15(24)25)14-19-9-6-4-5-7-10(9)23(14)22-13/h4-8,19H,1-3H3,(H,24,25)/b21-20+. The predicted octanol–water partition coefficient (Wildman–Crippen LogP) is 4.68. The maximum Gasteiger partial charge on any atom is 0.347 e. The predicted molar refractivity (Wildman–Crippen MR) is 99.0 cm³/mol. The van der Waals surface area contributed by atoms with Crippen molar-refractivity contribution in [2.45, 2.75) is 26.2 Å². The van der Waals surface area contributed by atoms with Gasteiger partial charge in [0.15, 0.2) is 11.3 Å². The molecule has 0 amide bonds. The van der Waals surface area contributed by atoms with Crippen LogP contribution in [-0.2, 0) is 5.41 Å². The SMILES string of the molecule is CC(C)(C)c1nn2c([nH]c3ccccc32)c1/N=N/c1ncc(C(=O)O)s1. The van der Waals surface area contributed by atoms with Gasteiger partial charge in [-0.3, -0.25) is 0 Å². The average molecular weight is 368 g/mol. The van der Waals surface area contributed by atoms with E-state index in [-0.39, 0.29) is 15.4 Å². The lowest BCUT2D eigenvalue weighted by Gasteiger charge is -2.15. The first-order valence-corrected chi connectivity index (χ1v) is 8.77. The molecule has 2 N–H and O–H groups in total. The fraction of sp³-hybridized carbons (Fsp3) is 0.235. The van der Waals surface area contributed by atoms with Crippen molar-refractivity contribution in [2.75, 3.05) is 0 Å². The molecule has 0 fully saturated rings. The van der Waals surface area contributed by atoms with E-state index in [4.69, 9.17) is 10.2 Å². The van der Waals surface area contributed by atoms with Crippen molar-refractivity contribution in [3.8, 4) is 0 Å². The molecule has 9 heteroatoms. The first-order chi connectivity index (χ1) is 12.3. The van der Waals surface area contributed by atoms with E-state index >= 15 is 0 Å². The van der Waals surface area contributed by atoms with Crippen LogP contribution in [0.25, 0.3) is 16.7 Å². The van der Waals surface area contributed by atoms with Crippen molar-refractivity contribution in [3.63, 3.8) is 0 Å². The lowest BCUT2D eigenvalue weighted by Crippen LogP contribution is -2.12. The molecule has 0 unspecified atom stereocenters. The Morgan fingerprint density at radius 3 is 2.73 bits per heavy atom. The molecule has 0 atom stereocenters. The zero-order chi connectivity index (χ0) is 18.5. The van der Waals surface area contributed by atoms with Gasteiger partial charge in [-0.05, 0) is 12.1 Å². The van der Waals surface area contributed by atoms with Gasteiger partial charge in [-0.2, -0.15) is 5.10 Å². The van der Waals surface area contributed by atoms with E-state index in [1.54, 1.807) is 0 Å². The minimum absolute atomic E-state index is 0.126. The second-order valence-electron chi connectivity index (χ2n) is 6.86. The molecule has 4 rings (SSSR count). The van der Waals surface area contributed by atoms with Crippen molar-refractivity contribution < 1.29 is 9.90 Å². The largest absolute Gasteiger partial charge is 0.477 e. The number of para-hydroxylation sites is 2. The van der Waals surface area contributed by atoms with Crippen LogP contribution in [0, 0.1) is 0 Å². The number of aromatic nitrogens is 4. The van der Waals surface area contributed by atoms with Crippen molar-refractivity contribution >= 4 is 44.8 Å². The number of aromatic amines is 1. The molecule has 0 saturated carbocycles. The number of H-pyrrole nitrogens is 1. The molecule has 8 nitrogen and oxygen atoms in total. The molecule has 0 aliphatic carbocycles. The smallest absolute Gasteiger partial charge is 0.347 e. The van der Waals surface area contributed by atoms with E-state index in [0.29, 0.717) is 5.69 Å². The van der Waals surface area contributed by atoms with Crippen LogP contribution in [-0.4, -0.2) is 30.7 Å². The third-order valence-corrected chi connectivity index (χ3v) is 4.77. The van der Waals surface area contributed by atoms with E-state index in [9.17, 15) is 4.79 Å². The molecule has 3 heterocycles. The number of thiazole rings is 1. The summed E-state index contributed by atoms with van der Waals surface area (Å²) in [5.41, 5.74) is 3.84. The Balaban J connectivity index is 1.88. The second-order valence-corrected chi connectivity index (χ2v) is 7.87. The number of hydrogen-bond donors (Lipinski definition) is 2. The number of azo groups is 1. The molecule has 0 bridgehead atoms. The number of aromatic carboxylic acids is 1. The number of carboxylic acids is 1. The average Bonchev–Trinajstić information content (AvgIpc) is 3.26. The zero-order valence-corrected chi connectivity index (χ0v) is 15.2. The first-order valence-electron chi connectivity index (χ1n) is 7.95. The molecule has 132 valence electrons. The Labute approximate surface area is 152 Å². The van der Waals surface area contributed by atoms with Gasteiger partial charge in [-0.25, -0.2) is 14.3 Å². The van der Waals surface area contributed by atoms with Gasteiger partial charge in [0.25, 0.3) is 0 Å². The summed E-state index contributed by atoms with van der Waals surface area (Å²) in [5.74, 6) is -1.03. The van der Waals surface area contributed by atoms with Crippen LogP contribution in [0.4, 0.5) is 10.8 Å². The summed E-state index contributed by atoms with van der Waals surface area (Å²) < 4.78 is 1.83. The van der Waals surface area contributed by atoms with Gasteiger partial charge < -0.3 is 10.1 Å². The molecule has 1 aromatic carbocycles. The number of benzene rings is 1. The minimum Gasteiger partial charge on any atom is -0.477 e. The van der Waals surface area contributed by atoms with Crippen LogP contribution >= 0.6 is 11.3 Å². The molecular formula is C17H16N6O2S. The fourth-order valence-corrected chi connectivity index (χ4v) is 3.27. The Bertz CT molecular complexity index is 1160. The maximum atomic E-state index is 11.0. The molecule has 0 aliphatic heterocycles. The van der Waals surface area contributed by atoms with Crippen LogP contribution in [0.15, 0.2) is 40.7 Å². The van der Waals surface area contributed by atoms with Crippen molar-refractivity contribution in [1.29, 1.82) is 0 Å². The van der Waals surface area contributed by atoms with Gasteiger partial charge >= 0.3 is 5.97 Å². The van der Waals surface area contributed by atoms with Crippen LogP contribution in [0.1, 0.15) is 36.1 Å². The van der Waals surface area contributed by atoms with E-state index in [2.05, 4.69) is 41.0 Å². The van der Waals surface area contributed by atoms with E-state index < -0.39 is 5.97 Å². The third kappa shape index (κ3) is 2.66. The minimum atomic E-state index is -1.03. The van der Waals surface area contributed by atoms with Gasteiger partial charge in [-0.1, -0.05) is 44.2 Å². The first kappa shape index (κ1) is 16.4. The van der Waals surface area contributed by atoms with E-state index in [1.165, 1.54) is 6.20 Å². The Kier molecular flexibility index (Phi) is 3.62. The summed E-state index contributed by atoms with van der Waals surface area (Å²) in [7, 11) is 0. The number of imidazole rings is 1. The molecule has 0 radical (unpaired) electrons. The summed E-state index contributed by atoms with van der Waals surface area (Å²) in [5, 5.41) is 22.5. The molecule has 0 saturated heterocycles. The number of carbonyl (C=O) groups is 1. The second kappa shape index (κ2) is 5.73. The number of fused-ring (bicyclic) bond motifs is 3. The lowest BCUT2D eigenvalue weighted by atomic mass is 9.91. The summed E-state index contributed by atoms with van der Waals surface area (Å²) >= 11 is 0.978. The normalized spacial score (nSPS) is 12.6. The maximum absolute atomic E-state index is 11.0. The highest BCUT2D eigenvalue weighted by Crippen LogP contribution is 2.36. The van der Waals surface area contributed by atoms with Crippen LogP contribution in [0.3, 0.4) is 0 Å². The number of carboxylic acid groups (broad SMARTS) is 1. The quantitative estimate of drug-likeness (QED) is 0.512. The van der Waals surface area contributed by atoms with Crippen LogP contribution in [0.2, 0.25) is 0 Å². The molecular weight excluding hydrogens is 352 g/mol. The van der Waals surface area contributed by atoms with Crippen molar-refractivity contribution in [1.82, 2.24) is 19.6 Å². The van der Waals surface area contributed by atoms with E-state index in [0.717, 1.165) is 33.7 Å². The number of hydrogen-bond acceptors (Lipinski definition) is 6. The lowest BCUT2D eigenvalue weighted by molar-refractivity contribution is 0.0702. The topological polar surface area (TPSA) is 108 Å². The molecule has 4 aromatic rings. The number of rotatable bonds is 3. The highest BCUT2D eigenvalue weighted by molar-refractivity contribution is 7.17. The Hall–Kier alpha value is -3.07. The third-order valence-electron chi connectivity index (χ3n) is 3.90.